The van der Waals surface area contributed by atoms with Crippen molar-refractivity contribution < 1.29 is 8.42 Å². The largest absolute Gasteiger partial charge is 0.250 e. The van der Waals surface area contributed by atoms with Crippen LogP contribution in [0.25, 0.3) is 0 Å². The summed E-state index contributed by atoms with van der Waals surface area (Å²) in [5.74, 6) is 0.732. The monoisotopic (exact) mass is 262 g/mol. The van der Waals surface area contributed by atoms with Crippen molar-refractivity contribution in [3.05, 3.63) is 17.0 Å². The molecule has 1 N–H and O–H groups in total. The number of nitrogens with one attached hydrogen (secondary N) is 1. The third kappa shape index (κ3) is 3.50. The number of hydrogen-bond acceptors (Lipinski definition) is 5. The number of hydrogen-bond donors (Lipinski definition) is 1. The predicted molar refractivity (Wildman–Crippen MR) is 62.6 cm³/mol. The zero-order valence-corrected chi connectivity index (χ0v) is 10.5. The minimum absolute atomic E-state index is 0.195. The molecule has 7 heteroatoms. The molecule has 15 heavy (non-hydrogen) atoms. The van der Waals surface area contributed by atoms with Gasteiger partial charge in [-0.15, -0.1) is 11.3 Å². The summed E-state index contributed by atoms with van der Waals surface area (Å²) in [7, 11) is -3.42. The number of thiophene rings is 1. The van der Waals surface area contributed by atoms with Crippen LogP contribution in [0.15, 0.2) is 16.3 Å². The Hall–Kier alpha value is -0.550. The highest BCUT2D eigenvalue weighted by molar-refractivity contribution is 7.98. The molecule has 0 amide bonds. The second-order valence-corrected chi connectivity index (χ2v) is 6.68. The second kappa shape index (κ2) is 5.51. The topological polar surface area (TPSA) is 70.0 Å². The Balaban J connectivity index is 2.74. The molecular weight excluding hydrogens is 252 g/mol. The van der Waals surface area contributed by atoms with Crippen molar-refractivity contribution in [1.29, 1.82) is 5.26 Å². The van der Waals surface area contributed by atoms with Crippen molar-refractivity contribution in [2.24, 2.45) is 0 Å². The molecule has 0 saturated heterocycles. The van der Waals surface area contributed by atoms with Crippen molar-refractivity contribution in [1.82, 2.24) is 4.72 Å². The average Bonchev–Trinajstić information content (AvgIpc) is 2.66. The number of thioether (sulfide) groups is 1. The molecule has 0 atom stereocenters. The first kappa shape index (κ1) is 12.5. The van der Waals surface area contributed by atoms with Crippen LogP contribution in [-0.4, -0.2) is 27.0 Å². The van der Waals surface area contributed by atoms with Gasteiger partial charge in [0.15, 0.2) is 0 Å². The van der Waals surface area contributed by atoms with Crippen LogP contribution < -0.4 is 4.72 Å². The number of rotatable bonds is 5. The van der Waals surface area contributed by atoms with Crippen molar-refractivity contribution in [2.75, 3.05) is 18.6 Å². The van der Waals surface area contributed by atoms with Gasteiger partial charge in [-0.3, -0.25) is 0 Å². The van der Waals surface area contributed by atoms with Crippen LogP contribution in [0.2, 0.25) is 0 Å². The van der Waals surface area contributed by atoms with Crippen LogP contribution in [-0.2, 0) is 10.0 Å². The zero-order chi connectivity index (χ0) is 11.3. The molecule has 1 aromatic heterocycles. The van der Waals surface area contributed by atoms with Crippen molar-refractivity contribution >= 4 is 33.1 Å². The van der Waals surface area contributed by atoms with Crippen LogP contribution >= 0.6 is 23.1 Å². The van der Waals surface area contributed by atoms with Crippen LogP contribution in [0.5, 0.6) is 0 Å². The molecule has 0 saturated carbocycles. The molecular formula is C8H10N2O2S3. The zero-order valence-electron chi connectivity index (χ0n) is 8.06. The van der Waals surface area contributed by atoms with Gasteiger partial charge < -0.3 is 0 Å². The van der Waals surface area contributed by atoms with E-state index in [0.717, 1.165) is 17.1 Å². The van der Waals surface area contributed by atoms with E-state index in [2.05, 4.69) is 4.72 Å². The number of nitriles is 1. The van der Waals surface area contributed by atoms with E-state index in [0.29, 0.717) is 11.4 Å². The summed E-state index contributed by atoms with van der Waals surface area (Å²) in [5.41, 5.74) is 0. The fraction of sp³-hybridized carbons (Fsp3) is 0.375. The molecule has 1 rings (SSSR count). The Morgan fingerprint density at radius 1 is 1.60 bits per heavy atom. The highest BCUT2D eigenvalue weighted by Gasteiger charge is 2.15. The second-order valence-electron chi connectivity index (χ2n) is 2.62. The molecule has 4 nitrogen and oxygen atoms in total. The summed E-state index contributed by atoms with van der Waals surface area (Å²) < 4.78 is 25.9. The van der Waals surface area contributed by atoms with Gasteiger partial charge in [0, 0.05) is 12.3 Å². The van der Waals surface area contributed by atoms with Crippen LogP contribution in [0.4, 0.5) is 0 Å². The minimum Gasteiger partial charge on any atom is -0.210 e. The van der Waals surface area contributed by atoms with Gasteiger partial charge in [-0.05, 0) is 18.4 Å². The molecule has 0 aliphatic rings. The highest BCUT2D eigenvalue weighted by atomic mass is 32.2. The number of nitrogens with zero attached hydrogens (tertiary/aromatic N) is 1. The maximum Gasteiger partial charge on any atom is 0.250 e. The summed E-state index contributed by atoms with van der Waals surface area (Å²) in [6.07, 6.45) is 1.91. The smallest absolute Gasteiger partial charge is 0.210 e. The molecule has 0 fully saturated rings. The molecule has 0 aliphatic heterocycles. The molecule has 1 heterocycles. The SMILES string of the molecule is CSCCNS(=O)(=O)c1ccc(C#N)s1. The van der Waals surface area contributed by atoms with Gasteiger partial charge in [0.2, 0.25) is 10.0 Å². The van der Waals surface area contributed by atoms with Gasteiger partial charge in [0.05, 0.1) is 0 Å². The fourth-order valence-corrected chi connectivity index (χ4v) is 3.49. The molecule has 82 valence electrons. The van der Waals surface area contributed by atoms with E-state index >= 15 is 0 Å². The van der Waals surface area contributed by atoms with Gasteiger partial charge in [-0.25, -0.2) is 13.1 Å². The lowest BCUT2D eigenvalue weighted by Crippen LogP contribution is -2.25. The van der Waals surface area contributed by atoms with Crippen molar-refractivity contribution in [2.45, 2.75) is 4.21 Å². The fourth-order valence-electron chi connectivity index (χ4n) is 0.874. The molecule has 0 aromatic carbocycles. The van der Waals surface area contributed by atoms with Crippen LogP contribution in [0.1, 0.15) is 4.88 Å². The maximum absolute atomic E-state index is 11.6. The molecule has 0 unspecified atom stereocenters. The number of sulfonamides is 1. The van der Waals surface area contributed by atoms with Gasteiger partial charge in [-0.2, -0.15) is 17.0 Å². The lowest BCUT2D eigenvalue weighted by atomic mass is 10.5. The molecule has 0 radical (unpaired) electrons. The Bertz CT molecular complexity index is 458. The highest BCUT2D eigenvalue weighted by Crippen LogP contribution is 2.20. The standard InChI is InChI=1S/C8H10N2O2S3/c1-13-5-4-10-15(11,12)8-3-2-7(6-9)14-8/h2-3,10H,4-5H2,1H3. The Morgan fingerprint density at radius 3 is 2.87 bits per heavy atom. The predicted octanol–water partition coefficient (Wildman–Crippen LogP) is 1.26. The van der Waals surface area contributed by atoms with E-state index in [-0.39, 0.29) is 4.21 Å². The van der Waals surface area contributed by atoms with Crippen LogP contribution in [0, 0.1) is 11.3 Å². The van der Waals surface area contributed by atoms with E-state index < -0.39 is 10.0 Å². The van der Waals surface area contributed by atoms with Gasteiger partial charge >= 0.3 is 0 Å². The normalized spacial score (nSPS) is 11.2. The molecule has 0 spiro atoms. The average molecular weight is 262 g/mol. The van der Waals surface area contributed by atoms with E-state index in [1.54, 1.807) is 11.8 Å². The first-order valence-corrected chi connectivity index (χ1v) is 7.78. The van der Waals surface area contributed by atoms with Gasteiger partial charge in [-0.1, -0.05) is 0 Å². The quantitative estimate of drug-likeness (QED) is 0.811. The minimum atomic E-state index is -3.42. The Morgan fingerprint density at radius 2 is 2.33 bits per heavy atom. The third-order valence-electron chi connectivity index (χ3n) is 1.55. The Labute approximate surface area is 97.4 Å². The van der Waals surface area contributed by atoms with Crippen LogP contribution in [0.3, 0.4) is 0 Å². The van der Waals surface area contributed by atoms with E-state index in [4.69, 9.17) is 5.26 Å². The summed E-state index contributed by atoms with van der Waals surface area (Å²) in [4.78, 5) is 0.403. The van der Waals surface area contributed by atoms with E-state index in [9.17, 15) is 8.42 Å². The first-order valence-electron chi connectivity index (χ1n) is 4.08. The van der Waals surface area contributed by atoms with E-state index in [1.165, 1.54) is 12.1 Å². The first-order chi connectivity index (χ1) is 7.10. The summed E-state index contributed by atoms with van der Waals surface area (Å²) in [6, 6.07) is 4.87. The summed E-state index contributed by atoms with van der Waals surface area (Å²) >= 11 is 2.55. The summed E-state index contributed by atoms with van der Waals surface area (Å²) in [6.45, 7) is 0.406. The van der Waals surface area contributed by atoms with E-state index in [1.807, 2.05) is 12.3 Å². The lowest BCUT2D eigenvalue weighted by molar-refractivity contribution is 0.586. The molecule has 0 aliphatic carbocycles. The van der Waals surface area contributed by atoms with Gasteiger partial charge in [0.25, 0.3) is 0 Å². The molecule has 0 bridgehead atoms. The lowest BCUT2D eigenvalue weighted by Gasteiger charge is -2.02. The Kier molecular flexibility index (Phi) is 4.60. The summed E-state index contributed by atoms with van der Waals surface area (Å²) in [5, 5.41) is 8.57. The van der Waals surface area contributed by atoms with Crippen molar-refractivity contribution in [3.8, 4) is 6.07 Å². The third-order valence-corrected chi connectivity index (χ3v) is 5.11. The molecule has 1 aromatic rings. The van der Waals surface area contributed by atoms with Gasteiger partial charge in [0.1, 0.15) is 15.2 Å². The van der Waals surface area contributed by atoms with Crippen molar-refractivity contribution in [3.63, 3.8) is 0 Å². The maximum atomic E-state index is 11.6.